The average molecular weight is 245 g/mol. The Morgan fingerprint density at radius 2 is 2.18 bits per heavy atom. The Kier molecular flexibility index (Phi) is 3.26. The average Bonchev–Trinajstić information content (AvgIpc) is 2.72. The van der Waals surface area contributed by atoms with Crippen LogP contribution in [0.1, 0.15) is 13.8 Å². The molecule has 0 unspecified atom stereocenters. The van der Waals surface area contributed by atoms with Crippen LogP contribution in [0.4, 0.5) is 0 Å². The van der Waals surface area contributed by atoms with E-state index in [1.165, 1.54) is 0 Å². The molecule has 2 aliphatic heterocycles. The van der Waals surface area contributed by atoms with Crippen molar-refractivity contribution in [2.45, 2.75) is 50.3 Å². The van der Waals surface area contributed by atoms with Crippen molar-refractivity contribution in [3.63, 3.8) is 0 Å². The van der Waals surface area contributed by atoms with Gasteiger partial charge in [-0.15, -0.1) is 0 Å². The van der Waals surface area contributed by atoms with Crippen LogP contribution in [-0.4, -0.2) is 53.3 Å². The lowest BCUT2D eigenvalue weighted by Crippen LogP contribution is -2.41. The first-order valence-corrected chi connectivity index (χ1v) is 5.33. The van der Waals surface area contributed by atoms with E-state index in [1.807, 2.05) is 0 Å². The summed E-state index contributed by atoms with van der Waals surface area (Å²) < 4.78 is 16.4. The normalized spacial score (nSPS) is 40.7. The molecule has 8 heteroatoms. The molecule has 0 radical (unpaired) electrons. The molecule has 2 fully saturated rings. The van der Waals surface area contributed by atoms with E-state index >= 15 is 0 Å². The Balaban J connectivity index is 2.18. The Labute approximate surface area is 97.7 Å². The number of aliphatic hydroxyl groups is 2. The quantitative estimate of drug-likeness (QED) is 0.409. The van der Waals surface area contributed by atoms with Crippen molar-refractivity contribution in [1.29, 1.82) is 0 Å². The van der Waals surface area contributed by atoms with Gasteiger partial charge in [-0.25, -0.2) is 0 Å². The van der Waals surface area contributed by atoms with Crippen molar-refractivity contribution in [2.24, 2.45) is 5.11 Å². The lowest BCUT2D eigenvalue weighted by atomic mass is 10.0. The third kappa shape index (κ3) is 2.23. The van der Waals surface area contributed by atoms with Crippen molar-refractivity contribution in [2.75, 3.05) is 6.61 Å². The van der Waals surface area contributed by atoms with Gasteiger partial charge in [-0.2, -0.15) is 0 Å². The molecule has 0 spiro atoms. The predicted octanol–water partition coefficient (Wildman–Crippen LogP) is -0.105. The minimum Gasteiger partial charge on any atom is -0.394 e. The zero-order chi connectivity index (χ0) is 12.6. The molecule has 0 amide bonds. The predicted molar refractivity (Wildman–Crippen MR) is 54.7 cm³/mol. The summed E-state index contributed by atoms with van der Waals surface area (Å²) in [6.45, 7) is 2.96. The van der Waals surface area contributed by atoms with E-state index in [0.29, 0.717) is 0 Å². The largest absolute Gasteiger partial charge is 0.394 e. The number of hydrogen-bond donors (Lipinski definition) is 2. The van der Waals surface area contributed by atoms with Gasteiger partial charge in [-0.05, 0) is 19.4 Å². The van der Waals surface area contributed by atoms with Crippen LogP contribution in [0.3, 0.4) is 0 Å². The van der Waals surface area contributed by atoms with Gasteiger partial charge in [0.1, 0.15) is 18.3 Å². The molecule has 0 saturated carbocycles. The number of rotatable bonds is 3. The molecular weight excluding hydrogens is 230 g/mol. The molecule has 0 aromatic heterocycles. The third-order valence-electron chi connectivity index (χ3n) is 2.80. The van der Waals surface area contributed by atoms with E-state index < -0.39 is 43.0 Å². The second-order valence-corrected chi connectivity index (χ2v) is 4.51. The summed E-state index contributed by atoms with van der Waals surface area (Å²) in [7, 11) is 0. The number of ether oxygens (including phenoxy) is 3. The highest BCUT2D eigenvalue weighted by Gasteiger charge is 2.55. The number of nitrogens with zero attached hydrogens (tertiary/aromatic N) is 3. The van der Waals surface area contributed by atoms with E-state index in [0.717, 1.165) is 0 Å². The van der Waals surface area contributed by atoms with Crippen LogP contribution in [0.5, 0.6) is 0 Å². The van der Waals surface area contributed by atoms with Crippen LogP contribution in [0.25, 0.3) is 10.4 Å². The molecular formula is C9H15N3O5. The van der Waals surface area contributed by atoms with E-state index in [9.17, 15) is 5.11 Å². The summed E-state index contributed by atoms with van der Waals surface area (Å²) in [6.07, 6.45) is -3.20. The van der Waals surface area contributed by atoms with Gasteiger partial charge in [-0.3, -0.25) is 0 Å². The smallest absolute Gasteiger partial charge is 0.188 e. The summed E-state index contributed by atoms with van der Waals surface area (Å²) >= 11 is 0. The topological polar surface area (TPSA) is 117 Å². The molecule has 2 saturated heterocycles. The molecule has 0 aliphatic carbocycles. The van der Waals surface area contributed by atoms with Gasteiger partial charge in [0.25, 0.3) is 0 Å². The van der Waals surface area contributed by atoms with Gasteiger partial charge < -0.3 is 24.4 Å². The van der Waals surface area contributed by atoms with Crippen LogP contribution in [0, 0.1) is 0 Å². The maximum Gasteiger partial charge on any atom is 0.188 e. The van der Waals surface area contributed by atoms with Gasteiger partial charge in [0.15, 0.2) is 12.1 Å². The summed E-state index contributed by atoms with van der Waals surface area (Å²) in [6, 6.07) is -0.714. The number of fused-ring (bicyclic) bond motifs is 1. The second-order valence-electron chi connectivity index (χ2n) is 4.51. The van der Waals surface area contributed by atoms with Crippen molar-refractivity contribution in [3.05, 3.63) is 10.4 Å². The van der Waals surface area contributed by atoms with E-state index in [-0.39, 0.29) is 0 Å². The first-order valence-electron chi connectivity index (χ1n) is 5.33. The summed E-state index contributed by atoms with van der Waals surface area (Å²) in [5.41, 5.74) is 8.51. The molecule has 96 valence electrons. The van der Waals surface area contributed by atoms with Gasteiger partial charge in [-0.1, -0.05) is 5.11 Å². The highest BCUT2D eigenvalue weighted by Crippen LogP contribution is 2.39. The van der Waals surface area contributed by atoms with Crippen LogP contribution >= 0.6 is 0 Å². The van der Waals surface area contributed by atoms with E-state index in [1.54, 1.807) is 13.8 Å². The molecule has 5 atom stereocenters. The molecule has 2 N–H and O–H groups in total. The van der Waals surface area contributed by atoms with Crippen molar-refractivity contribution in [3.8, 4) is 0 Å². The SMILES string of the molecule is CC1(C)O[C@@H]2O[C@@H]([C@H](O)CO)[C@@H](N=[N+]=[N-])[C@@H]2O1. The van der Waals surface area contributed by atoms with Crippen LogP contribution in [-0.2, 0) is 14.2 Å². The highest BCUT2D eigenvalue weighted by atomic mass is 16.8. The third-order valence-corrected chi connectivity index (χ3v) is 2.80. The molecule has 0 bridgehead atoms. The lowest BCUT2D eigenvalue weighted by Gasteiger charge is -2.25. The van der Waals surface area contributed by atoms with Gasteiger partial charge in [0.05, 0.1) is 12.6 Å². The molecule has 0 aromatic carbocycles. The maximum absolute atomic E-state index is 9.57. The number of azide groups is 1. The Morgan fingerprint density at radius 3 is 2.76 bits per heavy atom. The molecule has 0 aromatic rings. The summed E-state index contributed by atoms with van der Waals surface area (Å²) in [5, 5.41) is 22.0. The molecule has 17 heavy (non-hydrogen) atoms. The lowest BCUT2D eigenvalue weighted by molar-refractivity contribution is -0.217. The minimum absolute atomic E-state index is 0.481. The zero-order valence-electron chi connectivity index (χ0n) is 9.55. The fourth-order valence-electron chi connectivity index (χ4n) is 2.13. The van der Waals surface area contributed by atoms with Crippen molar-refractivity contribution < 1.29 is 24.4 Å². The van der Waals surface area contributed by atoms with Crippen LogP contribution in [0.2, 0.25) is 0 Å². The van der Waals surface area contributed by atoms with E-state index in [2.05, 4.69) is 10.0 Å². The van der Waals surface area contributed by atoms with Gasteiger partial charge >= 0.3 is 0 Å². The molecule has 2 heterocycles. The summed E-state index contributed by atoms with van der Waals surface area (Å²) in [5.74, 6) is -0.812. The standard InChI is InChI=1S/C9H15N3O5/c1-9(2)16-7-5(11-12-10)6(4(14)3-13)15-8(7)17-9/h4-8,13-14H,3H2,1-2H3/t4-,5-,6+,7+,8+/m1/s1. The fourth-order valence-corrected chi connectivity index (χ4v) is 2.13. The second kappa shape index (κ2) is 4.41. The van der Waals surface area contributed by atoms with Crippen LogP contribution in [0.15, 0.2) is 5.11 Å². The van der Waals surface area contributed by atoms with E-state index in [4.69, 9.17) is 24.8 Å². The fraction of sp³-hybridized carbons (Fsp3) is 1.00. The molecule has 2 aliphatic rings. The monoisotopic (exact) mass is 245 g/mol. The summed E-state index contributed by atoms with van der Waals surface area (Å²) in [4.78, 5) is 2.71. The van der Waals surface area contributed by atoms with Crippen molar-refractivity contribution >= 4 is 0 Å². The van der Waals surface area contributed by atoms with Crippen LogP contribution < -0.4 is 0 Å². The minimum atomic E-state index is -1.13. The molecule has 2 rings (SSSR count). The van der Waals surface area contributed by atoms with Gasteiger partial charge in [0.2, 0.25) is 0 Å². The molecule has 8 nitrogen and oxygen atoms in total. The Bertz CT molecular complexity index is 344. The number of aliphatic hydroxyl groups excluding tert-OH is 2. The highest BCUT2D eigenvalue weighted by molar-refractivity contribution is 5.00. The van der Waals surface area contributed by atoms with Crippen molar-refractivity contribution in [1.82, 2.24) is 0 Å². The zero-order valence-corrected chi connectivity index (χ0v) is 9.55. The Hall–Kier alpha value is -0.890. The van der Waals surface area contributed by atoms with Gasteiger partial charge in [0, 0.05) is 4.91 Å². The Morgan fingerprint density at radius 1 is 1.47 bits per heavy atom. The number of hydrogen-bond acceptors (Lipinski definition) is 6. The first kappa shape index (κ1) is 12.6. The first-order chi connectivity index (χ1) is 7.98. The maximum atomic E-state index is 9.57.